The van der Waals surface area contributed by atoms with Crippen molar-refractivity contribution in [3.05, 3.63) is 0 Å². The number of unbranched alkanes of at least 4 members (excludes halogenated alkanes) is 2. The highest BCUT2D eigenvalue weighted by atomic mass is 35.5. The summed E-state index contributed by atoms with van der Waals surface area (Å²) in [7, 11) is -3.80. The van der Waals surface area contributed by atoms with Crippen LogP contribution >= 0.6 is 11.8 Å². The van der Waals surface area contributed by atoms with E-state index in [0.717, 1.165) is 23.1 Å². The van der Waals surface area contributed by atoms with Gasteiger partial charge in [-0.3, -0.25) is 4.18 Å². The molecule has 0 N–H and O–H groups in total. The normalized spacial score (nSPS) is 13.5. The van der Waals surface area contributed by atoms with Crippen LogP contribution in [0.3, 0.4) is 0 Å². The van der Waals surface area contributed by atoms with Crippen molar-refractivity contribution in [3.63, 3.8) is 0 Å². The maximum atomic E-state index is 11.5. The quantitative estimate of drug-likeness (QED) is 0.543. The minimum Gasteiger partial charge on any atom is -0.257 e. The summed E-state index contributed by atoms with van der Waals surface area (Å²) in [6, 6.07) is 0. The molecule has 0 aromatic rings. The Morgan fingerprint density at radius 2 is 1.80 bits per heavy atom. The van der Waals surface area contributed by atoms with Gasteiger partial charge in [-0.1, -0.05) is 23.6 Å². The second-order valence-electron chi connectivity index (χ2n) is 4.37. The van der Waals surface area contributed by atoms with E-state index in [-0.39, 0.29) is 6.61 Å². The molecule has 0 saturated carbocycles. The highest BCUT2D eigenvalue weighted by Crippen LogP contribution is 2.21. The summed E-state index contributed by atoms with van der Waals surface area (Å²) in [4.78, 5) is 0. The highest BCUT2D eigenvalue weighted by molar-refractivity contribution is 7.85. The van der Waals surface area contributed by atoms with E-state index in [9.17, 15) is 8.42 Å². The third-order valence-corrected chi connectivity index (χ3v) is 4.12. The van der Waals surface area contributed by atoms with Gasteiger partial charge in [-0.15, -0.1) is 0 Å². The molecule has 0 spiro atoms. The molecule has 4 nitrogen and oxygen atoms in total. The summed E-state index contributed by atoms with van der Waals surface area (Å²) in [5.74, 6) is 0. The summed E-state index contributed by atoms with van der Waals surface area (Å²) >= 11 is 5.68. The summed E-state index contributed by atoms with van der Waals surface area (Å²) in [5.41, 5.74) is -0.675. The molecule has 0 unspecified atom stereocenters. The Bertz CT molecular complexity index is 272. The van der Waals surface area contributed by atoms with E-state index in [1.54, 1.807) is 20.8 Å². The lowest BCUT2D eigenvalue weighted by atomic mass is 10.1. The molecule has 6 heteroatoms. The molecule has 0 aliphatic carbocycles. The molecular weight excluding hydrogens is 238 g/mol. The fourth-order valence-electron chi connectivity index (χ4n) is 0.898. The van der Waals surface area contributed by atoms with Crippen molar-refractivity contribution < 1.29 is 12.6 Å². The van der Waals surface area contributed by atoms with Gasteiger partial charge in [0, 0.05) is 5.54 Å². The number of rotatable bonds is 6. The summed E-state index contributed by atoms with van der Waals surface area (Å²) in [5, 5.41) is 0. The average Bonchev–Trinajstić information content (AvgIpc) is 2.10. The van der Waals surface area contributed by atoms with E-state index in [2.05, 4.69) is 0 Å². The summed E-state index contributed by atoms with van der Waals surface area (Å²) in [6.07, 6.45) is 2.70. The average molecular weight is 258 g/mol. The lowest BCUT2D eigenvalue weighted by Crippen LogP contribution is -2.39. The van der Waals surface area contributed by atoms with Gasteiger partial charge >= 0.3 is 10.3 Å². The Labute approximate surface area is 97.9 Å². The molecular formula is C9H20ClNO3S. The summed E-state index contributed by atoms with van der Waals surface area (Å²) < 4.78 is 28.5. The number of halogens is 1. The van der Waals surface area contributed by atoms with E-state index in [0.29, 0.717) is 0 Å². The second-order valence-corrected chi connectivity index (χ2v) is 6.37. The lowest BCUT2D eigenvalue weighted by molar-refractivity contribution is 0.257. The van der Waals surface area contributed by atoms with Gasteiger partial charge in [0.25, 0.3) is 0 Å². The standard InChI is InChI=1S/C9H20ClNO3S/c1-5-6-7-8-14-15(12,13)11(10)9(2,3)4/h5-8H2,1-4H3. The minimum absolute atomic E-state index is 0.190. The Morgan fingerprint density at radius 1 is 1.27 bits per heavy atom. The van der Waals surface area contributed by atoms with Crippen molar-refractivity contribution in [1.29, 1.82) is 0 Å². The first-order chi connectivity index (χ1) is 6.72. The molecule has 0 aliphatic rings. The van der Waals surface area contributed by atoms with E-state index in [4.69, 9.17) is 16.0 Å². The zero-order valence-electron chi connectivity index (χ0n) is 9.79. The zero-order chi connectivity index (χ0) is 12.1. The number of hydrogen-bond donors (Lipinski definition) is 0. The second kappa shape index (κ2) is 6.03. The van der Waals surface area contributed by atoms with Gasteiger partial charge in [0.15, 0.2) is 0 Å². The molecule has 0 aromatic carbocycles. The Kier molecular flexibility index (Phi) is 6.10. The van der Waals surface area contributed by atoms with Crippen LogP contribution in [0, 0.1) is 0 Å². The minimum atomic E-state index is -3.80. The van der Waals surface area contributed by atoms with Crippen LogP contribution in [0.4, 0.5) is 0 Å². The molecule has 92 valence electrons. The Morgan fingerprint density at radius 3 is 2.20 bits per heavy atom. The van der Waals surface area contributed by atoms with Gasteiger partial charge in [-0.2, -0.15) is 8.42 Å². The van der Waals surface area contributed by atoms with Crippen molar-refractivity contribution >= 4 is 22.1 Å². The monoisotopic (exact) mass is 257 g/mol. The van der Waals surface area contributed by atoms with Gasteiger partial charge < -0.3 is 0 Å². The topological polar surface area (TPSA) is 46.6 Å². The molecule has 0 aliphatic heterocycles. The molecule has 0 bridgehead atoms. The first-order valence-corrected chi connectivity index (χ1v) is 6.77. The van der Waals surface area contributed by atoms with Gasteiger partial charge in [-0.05, 0) is 39.0 Å². The smallest absolute Gasteiger partial charge is 0.257 e. The molecule has 0 amide bonds. The van der Waals surface area contributed by atoms with Gasteiger partial charge in [0.2, 0.25) is 0 Å². The largest absolute Gasteiger partial charge is 0.352 e. The van der Waals surface area contributed by atoms with Crippen molar-refractivity contribution in [1.82, 2.24) is 3.82 Å². The van der Waals surface area contributed by atoms with Gasteiger partial charge in [-0.25, -0.2) is 0 Å². The Hall–Kier alpha value is 0.160. The van der Waals surface area contributed by atoms with Crippen LogP contribution in [0.1, 0.15) is 47.0 Å². The molecule has 0 aromatic heterocycles. The fraction of sp³-hybridized carbons (Fsp3) is 1.00. The van der Waals surface area contributed by atoms with Crippen LogP contribution < -0.4 is 0 Å². The van der Waals surface area contributed by atoms with Gasteiger partial charge in [0.05, 0.1) is 6.61 Å². The van der Waals surface area contributed by atoms with Crippen LogP contribution in [0.25, 0.3) is 0 Å². The van der Waals surface area contributed by atoms with Crippen LogP contribution in [0.15, 0.2) is 0 Å². The maximum absolute atomic E-state index is 11.5. The number of nitrogens with zero attached hydrogens (tertiary/aromatic N) is 1. The maximum Gasteiger partial charge on any atom is 0.352 e. The van der Waals surface area contributed by atoms with E-state index in [1.165, 1.54) is 0 Å². The molecule has 0 rings (SSSR count). The van der Waals surface area contributed by atoms with Crippen molar-refractivity contribution in [2.75, 3.05) is 6.61 Å². The zero-order valence-corrected chi connectivity index (χ0v) is 11.4. The first kappa shape index (κ1) is 15.2. The van der Waals surface area contributed by atoms with Crippen molar-refractivity contribution in [3.8, 4) is 0 Å². The van der Waals surface area contributed by atoms with Crippen LogP contribution in [-0.4, -0.2) is 24.4 Å². The van der Waals surface area contributed by atoms with Gasteiger partial charge in [0.1, 0.15) is 0 Å². The highest BCUT2D eigenvalue weighted by Gasteiger charge is 2.32. The lowest BCUT2D eigenvalue weighted by Gasteiger charge is -2.26. The number of hydrogen-bond acceptors (Lipinski definition) is 3. The van der Waals surface area contributed by atoms with Crippen molar-refractivity contribution in [2.45, 2.75) is 52.5 Å². The van der Waals surface area contributed by atoms with E-state index >= 15 is 0 Å². The third kappa shape index (κ3) is 5.70. The van der Waals surface area contributed by atoms with Crippen LogP contribution in [0.5, 0.6) is 0 Å². The molecule has 0 radical (unpaired) electrons. The molecule has 0 atom stereocenters. The molecule has 0 heterocycles. The molecule has 0 saturated heterocycles. The summed E-state index contributed by atoms with van der Waals surface area (Å²) in [6.45, 7) is 7.33. The Balaban J connectivity index is 4.19. The van der Waals surface area contributed by atoms with Crippen LogP contribution in [0.2, 0.25) is 0 Å². The first-order valence-electron chi connectivity index (χ1n) is 5.07. The SMILES string of the molecule is CCCCCOS(=O)(=O)N(Cl)C(C)(C)C. The predicted octanol–water partition coefficient (Wildman–Crippen LogP) is 2.69. The van der Waals surface area contributed by atoms with Crippen molar-refractivity contribution in [2.24, 2.45) is 0 Å². The molecule has 15 heavy (non-hydrogen) atoms. The van der Waals surface area contributed by atoms with E-state index in [1.807, 2.05) is 6.92 Å². The van der Waals surface area contributed by atoms with E-state index < -0.39 is 15.8 Å². The third-order valence-electron chi connectivity index (χ3n) is 1.70. The predicted molar refractivity (Wildman–Crippen MR) is 61.8 cm³/mol. The molecule has 0 fully saturated rings. The fourth-order valence-corrected chi connectivity index (χ4v) is 2.11. The van der Waals surface area contributed by atoms with Crippen LogP contribution in [-0.2, 0) is 14.5 Å².